The van der Waals surface area contributed by atoms with E-state index >= 15 is 0 Å². The number of nitrogens with one attached hydrogen (secondary N) is 1. The third-order valence-electron chi connectivity index (χ3n) is 4.94. The third kappa shape index (κ3) is 5.71. The van der Waals surface area contributed by atoms with E-state index in [1.54, 1.807) is 18.2 Å². The summed E-state index contributed by atoms with van der Waals surface area (Å²) >= 11 is 5.73. The summed E-state index contributed by atoms with van der Waals surface area (Å²) < 4.78 is 29.8. The number of aryl methyl sites for hydroxylation is 1. The van der Waals surface area contributed by atoms with Crippen LogP contribution in [0.1, 0.15) is 24.0 Å². The molecule has 1 aromatic heterocycles. The third-order valence-corrected chi connectivity index (χ3v) is 7.19. The lowest BCUT2D eigenvalue weighted by Crippen LogP contribution is -2.14. The zero-order chi connectivity index (χ0) is 22.6. The summed E-state index contributed by atoms with van der Waals surface area (Å²) in [6.45, 7) is 0.999. The van der Waals surface area contributed by atoms with Gasteiger partial charge in [0.1, 0.15) is 5.82 Å². The van der Waals surface area contributed by atoms with Crippen LogP contribution in [0.3, 0.4) is 0 Å². The molecule has 3 aromatic rings. The van der Waals surface area contributed by atoms with Gasteiger partial charge in [-0.05, 0) is 42.3 Å². The molecule has 1 saturated heterocycles. The van der Waals surface area contributed by atoms with Crippen LogP contribution in [-0.4, -0.2) is 29.2 Å². The highest BCUT2D eigenvalue weighted by Crippen LogP contribution is 2.61. The minimum absolute atomic E-state index is 0.0232. The van der Waals surface area contributed by atoms with Gasteiger partial charge in [-0.2, -0.15) is 13.9 Å². The highest BCUT2D eigenvalue weighted by molar-refractivity contribution is 7.59. The second kappa shape index (κ2) is 10.1. The predicted octanol–water partition coefficient (Wildman–Crippen LogP) is 5.40. The Morgan fingerprint density at radius 1 is 1.19 bits per heavy atom. The molecule has 0 bridgehead atoms. The zero-order valence-corrected chi connectivity index (χ0v) is 18.7. The SMILES string of the molecule is O=C(CCc1cnoc1-c1ccc(Cl)c(F)c1)Nc1ccc(C[P+]2(O)OCCCO2)cc1. The average Bonchev–Trinajstić information content (AvgIpc) is 3.25. The van der Waals surface area contributed by atoms with Crippen molar-refractivity contribution in [1.29, 1.82) is 0 Å². The number of benzene rings is 2. The molecule has 7 nitrogen and oxygen atoms in total. The molecular weight excluding hydrogens is 458 g/mol. The Morgan fingerprint density at radius 3 is 2.66 bits per heavy atom. The number of halogens is 2. The highest BCUT2D eigenvalue weighted by atomic mass is 35.5. The number of rotatable bonds is 7. The molecule has 0 unspecified atom stereocenters. The number of hydrogen-bond donors (Lipinski definition) is 2. The maximum atomic E-state index is 13.8. The zero-order valence-electron chi connectivity index (χ0n) is 17.1. The molecule has 2 heterocycles. The summed E-state index contributed by atoms with van der Waals surface area (Å²) in [5.41, 5.74) is 2.71. The van der Waals surface area contributed by atoms with E-state index in [2.05, 4.69) is 10.5 Å². The van der Waals surface area contributed by atoms with Crippen LogP contribution < -0.4 is 5.32 Å². The molecule has 0 spiro atoms. The molecule has 2 N–H and O–H groups in total. The maximum Gasteiger partial charge on any atom is 0.413 e. The van der Waals surface area contributed by atoms with Crippen LogP contribution in [0.4, 0.5) is 10.1 Å². The number of amides is 1. The number of hydrogen-bond acceptors (Lipinski definition) is 6. The number of nitrogens with zero attached hydrogens (tertiary/aromatic N) is 1. The molecule has 168 valence electrons. The van der Waals surface area contributed by atoms with Crippen LogP contribution in [-0.2, 0) is 26.4 Å². The van der Waals surface area contributed by atoms with Gasteiger partial charge in [0.2, 0.25) is 5.91 Å². The van der Waals surface area contributed by atoms with E-state index in [9.17, 15) is 14.1 Å². The minimum atomic E-state index is -2.84. The van der Waals surface area contributed by atoms with Crippen molar-refractivity contribution in [3.05, 3.63) is 70.6 Å². The van der Waals surface area contributed by atoms with E-state index in [1.165, 1.54) is 18.3 Å². The molecule has 0 saturated carbocycles. The summed E-state index contributed by atoms with van der Waals surface area (Å²) in [5, 5.41) is 6.64. The van der Waals surface area contributed by atoms with Crippen molar-refractivity contribution in [3.8, 4) is 11.3 Å². The first kappa shape index (κ1) is 22.8. The largest absolute Gasteiger partial charge is 0.413 e. The Morgan fingerprint density at radius 2 is 1.94 bits per heavy atom. The second-order valence-corrected chi connectivity index (χ2v) is 9.88. The molecule has 2 aromatic carbocycles. The van der Waals surface area contributed by atoms with Gasteiger partial charge in [0, 0.05) is 29.7 Å². The van der Waals surface area contributed by atoms with E-state index in [-0.39, 0.29) is 17.4 Å². The average molecular weight is 480 g/mol. The van der Waals surface area contributed by atoms with Crippen molar-refractivity contribution in [1.82, 2.24) is 5.16 Å². The molecule has 1 fully saturated rings. The Balaban J connectivity index is 1.32. The monoisotopic (exact) mass is 479 g/mol. The van der Waals surface area contributed by atoms with Gasteiger partial charge in [-0.25, -0.2) is 4.39 Å². The quantitative estimate of drug-likeness (QED) is 0.441. The van der Waals surface area contributed by atoms with Gasteiger partial charge < -0.3 is 9.84 Å². The first-order valence-corrected chi connectivity index (χ1v) is 12.2. The smallest absolute Gasteiger partial charge is 0.356 e. The van der Waals surface area contributed by atoms with Crippen LogP contribution in [0.15, 0.2) is 53.2 Å². The van der Waals surface area contributed by atoms with Gasteiger partial charge in [-0.1, -0.05) is 28.9 Å². The molecular formula is C22H22ClFN2O5P+. The standard InChI is InChI=1S/C22H21ClFN2O5P/c23-19-8-4-16(12-20(19)24)22-17(13-25-31-22)5-9-21(27)26-18-6-2-15(3-7-18)14-32(28)29-10-1-11-30-32/h2-4,6-8,12-13,28H,1,5,9-11,14H2/p+1. The fourth-order valence-electron chi connectivity index (χ4n) is 3.31. The van der Waals surface area contributed by atoms with Crippen molar-refractivity contribution in [2.75, 3.05) is 18.5 Å². The van der Waals surface area contributed by atoms with Crippen molar-refractivity contribution < 1.29 is 27.6 Å². The van der Waals surface area contributed by atoms with Crippen molar-refractivity contribution in [3.63, 3.8) is 0 Å². The fourth-order valence-corrected chi connectivity index (χ4v) is 5.19. The summed E-state index contributed by atoms with van der Waals surface area (Å²) in [6.07, 6.45) is 3.17. The van der Waals surface area contributed by atoms with Crippen LogP contribution in [0, 0.1) is 5.82 Å². The summed E-state index contributed by atoms with van der Waals surface area (Å²) in [4.78, 5) is 22.8. The molecule has 1 amide bonds. The first-order chi connectivity index (χ1) is 15.4. The van der Waals surface area contributed by atoms with E-state index in [0.717, 1.165) is 12.0 Å². The topological polar surface area (TPSA) is 93.8 Å². The molecule has 32 heavy (non-hydrogen) atoms. The van der Waals surface area contributed by atoms with E-state index in [0.29, 0.717) is 48.4 Å². The molecule has 0 atom stereocenters. The van der Waals surface area contributed by atoms with Gasteiger partial charge in [0.15, 0.2) is 11.9 Å². The molecule has 4 rings (SSSR count). The van der Waals surface area contributed by atoms with Crippen molar-refractivity contribution in [2.24, 2.45) is 0 Å². The van der Waals surface area contributed by atoms with Gasteiger partial charge >= 0.3 is 7.94 Å². The van der Waals surface area contributed by atoms with Gasteiger partial charge in [-0.3, -0.25) is 4.79 Å². The number of carbonyl (C=O) groups is 1. The Labute approximate surface area is 190 Å². The van der Waals surface area contributed by atoms with Crippen LogP contribution in [0.5, 0.6) is 0 Å². The fraction of sp³-hybridized carbons (Fsp3) is 0.273. The molecule has 0 aliphatic carbocycles. The number of carbonyl (C=O) groups excluding carboxylic acids is 1. The second-order valence-electron chi connectivity index (χ2n) is 7.37. The Bertz CT molecular complexity index is 1090. The van der Waals surface area contributed by atoms with Gasteiger partial charge in [-0.15, -0.1) is 0 Å². The Kier molecular flexibility index (Phi) is 7.18. The van der Waals surface area contributed by atoms with Crippen molar-refractivity contribution in [2.45, 2.75) is 25.4 Å². The first-order valence-electron chi connectivity index (χ1n) is 10.1. The Hall–Kier alpha value is -2.35. The van der Waals surface area contributed by atoms with Crippen LogP contribution in [0.25, 0.3) is 11.3 Å². The maximum absolute atomic E-state index is 13.8. The van der Waals surface area contributed by atoms with Crippen LogP contribution in [0.2, 0.25) is 5.02 Å². The van der Waals surface area contributed by atoms with E-state index in [4.69, 9.17) is 25.2 Å². The lowest BCUT2D eigenvalue weighted by Gasteiger charge is -2.21. The number of aromatic nitrogens is 1. The molecule has 1 aliphatic rings. The normalized spacial score (nSPS) is 15.5. The summed E-state index contributed by atoms with van der Waals surface area (Å²) in [7, 11) is -2.84. The number of anilines is 1. The van der Waals surface area contributed by atoms with Gasteiger partial charge in [0.05, 0.1) is 24.4 Å². The lowest BCUT2D eigenvalue weighted by atomic mass is 10.1. The highest BCUT2D eigenvalue weighted by Gasteiger charge is 2.43. The molecule has 10 heteroatoms. The summed E-state index contributed by atoms with van der Waals surface area (Å²) in [6, 6.07) is 11.5. The predicted molar refractivity (Wildman–Crippen MR) is 120 cm³/mol. The lowest BCUT2D eigenvalue weighted by molar-refractivity contribution is -0.116. The molecule has 0 radical (unpaired) electrons. The van der Waals surface area contributed by atoms with Crippen molar-refractivity contribution >= 4 is 31.1 Å². The minimum Gasteiger partial charge on any atom is -0.356 e. The molecule has 1 aliphatic heterocycles. The van der Waals surface area contributed by atoms with Gasteiger partial charge in [0.25, 0.3) is 0 Å². The van der Waals surface area contributed by atoms with E-state index < -0.39 is 13.8 Å². The summed E-state index contributed by atoms with van der Waals surface area (Å²) in [5.74, 6) is -0.327. The van der Waals surface area contributed by atoms with Crippen LogP contribution >= 0.6 is 19.5 Å². The van der Waals surface area contributed by atoms with E-state index in [1.807, 2.05) is 12.1 Å².